The molecule has 0 heterocycles. The van der Waals surface area contributed by atoms with Gasteiger partial charge in [-0.3, -0.25) is 0 Å². The summed E-state index contributed by atoms with van der Waals surface area (Å²) in [6.45, 7) is 4.24. The second-order valence-electron chi connectivity index (χ2n) is 6.41. The molecule has 1 saturated carbocycles. The lowest BCUT2D eigenvalue weighted by Gasteiger charge is -2.37. The molecule has 0 aromatic heterocycles. The third kappa shape index (κ3) is 2.55. The number of rotatable bonds is 4. The van der Waals surface area contributed by atoms with E-state index in [-0.39, 0.29) is 17.5 Å². The summed E-state index contributed by atoms with van der Waals surface area (Å²) in [6, 6.07) is 9.24. The SMILES string of the molecule is C/C=C\C(OC(=O)c1ccccc1)[C@@]1(C)CC2C=CC1C2. The van der Waals surface area contributed by atoms with Gasteiger partial charge >= 0.3 is 5.97 Å². The molecule has 0 spiro atoms. The van der Waals surface area contributed by atoms with Crippen molar-refractivity contribution in [3.05, 3.63) is 60.2 Å². The van der Waals surface area contributed by atoms with Crippen LogP contribution in [0.5, 0.6) is 0 Å². The van der Waals surface area contributed by atoms with Crippen LogP contribution in [0.2, 0.25) is 0 Å². The number of fused-ring (bicyclic) bond motifs is 2. The molecule has 0 aliphatic heterocycles. The molecule has 1 aromatic carbocycles. The van der Waals surface area contributed by atoms with E-state index in [1.165, 1.54) is 6.42 Å². The Balaban J connectivity index is 1.80. The summed E-state index contributed by atoms with van der Waals surface area (Å²) in [5, 5.41) is 0. The highest BCUT2D eigenvalue weighted by molar-refractivity contribution is 5.89. The van der Waals surface area contributed by atoms with Gasteiger partial charge in [0.2, 0.25) is 0 Å². The highest BCUT2D eigenvalue weighted by atomic mass is 16.5. The Morgan fingerprint density at radius 1 is 1.33 bits per heavy atom. The molecule has 1 aromatic rings. The number of hydrogen-bond acceptors (Lipinski definition) is 2. The summed E-state index contributed by atoms with van der Waals surface area (Å²) < 4.78 is 5.86. The maximum absolute atomic E-state index is 12.4. The zero-order valence-corrected chi connectivity index (χ0v) is 12.7. The molecule has 4 atom stereocenters. The fraction of sp³-hybridized carbons (Fsp3) is 0.421. The first-order valence-corrected chi connectivity index (χ1v) is 7.70. The van der Waals surface area contributed by atoms with Gasteiger partial charge in [-0.1, -0.05) is 43.4 Å². The van der Waals surface area contributed by atoms with Gasteiger partial charge in [0.25, 0.3) is 0 Å². The van der Waals surface area contributed by atoms with Crippen LogP contribution in [0, 0.1) is 17.3 Å². The molecule has 2 aliphatic carbocycles. The summed E-state index contributed by atoms with van der Waals surface area (Å²) in [5.74, 6) is 0.946. The smallest absolute Gasteiger partial charge is 0.338 e. The van der Waals surface area contributed by atoms with E-state index in [9.17, 15) is 4.79 Å². The number of hydrogen-bond donors (Lipinski definition) is 0. The van der Waals surface area contributed by atoms with Crippen LogP contribution in [0.15, 0.2) is 54.6 Å². The van der Waals surface area contributed by atoms with Crippen LogP contribution in [-0.4, -0.2) is 12.1 Å². The molecule has 3 unspecified atom stereocenters. The Labute approximate surface area is 126 Å². The van der Waals surface area contributed by atoms with Gasteiger partial charge in [0, 0.05) is 5.41 Å². The Bertz CT molecular complexity index is 572. The van der Waals surface area contributed by atoms with Crippen LogP contribution < -0.4 is 0 Å². The first kappa shape index (κ1) is 14.1. The van der Waals surface area contributed by atoms with Crippen LogP contribution in [0.25, 0.3) is 0 Å². The van der Waals surface area contributed by atoms with Gasteiger partial charge in [0.1, 0.15) is 6.10 Å². The Morgan fingerprint density at radius 3 is 2.67 bits per heavy atom. The van der Waals surface area contributed by atoms with Gasteiger partial charge in [-0.2, -0.15) is 0 Å². The van der Waals surface area contributed by atoms with Crippen molar-refractivity contribution < 1.29 is 9.53 Å². The van der Waals surface area contributed by atoms with Crippen molar-refractivity contribution in [2.24, 2.45) is 17.3 Å². The average molecular weight is 282 g/mol. The van der Waals surface area contributed by atoms with E-state index in [2.05, 4.69) is 19.1 Å². The molecule has 21 heavy (non-hydrogen) atoms. The third-order valence-electron chi connectivity index (χ3n) is 4.98. The Kier molecular flexibility index (Phi) is 3.71. The van der Waals surface area contributed by atoms with Gasteiger partial charge in [-0.05, 0) is 49.8 Å². The fourth-order valence-corrected chi connectivity index (χ4v) is 3.78. The first-order valence-electron chi connectivity index (χ1n) is 7.70. The molecular weight excluding hydrogens is 260 g/mol. The highest BCUT2D eigenvalue weighted by Crippen LogP contribution is 2.54. The van der Waals surface area contributed by atoms with Crippen molar-refractivity contribution in [2.45, 2.75) is 32.8 Å². The first-order chi connectivity index (χ1) is 10.1. The molecule has 2 heteroatoms. The summed E-state index contributed by atoms with van der Waals surface area (Å²) in [7, 11) is 0. The molecule has 3 rings (SSSR count). The lowest BCUT2D eigenvalue weighted by molar-refractivity contribution is -0.00226. The van der Waals surface area contributed by atoms with E-state index in [0.29, 0.717) is 17.4 Å². The number of carbonyl (C=O) groups is 1. The quantitative estimate of drug-likeness (QED) is 0.604. The molecular formula is C19H22O2. The van der Waals surface area contributed by atoms with E-state index in [1.807, 2.05) is 37.3 Å². The summed E-state index contributed by atoms with van der Waals surface area (Å²) >= 11 is 0. The number of allylic oxidation sites excluding steroid dienone is 3. The Hall–Kier alpha value is -1.83. The lowest BCUT2D eigenvalue weighted by Crippen LogP contribution is -2.38. The van der Waals surface area contributed by atoms with Gasteiger partial charge in [-0.15, -0.1) is 0 Å². The van der Waals surface area contributed by atoms with E-state index in [4.69, 9.17) is 4.74 Å². The summed E-state index contributed by atoms with van der Waals surface area (Å²) in [5.41, 5.74) is 0.644. The number of benzene rings is 1. The van der Waals surface area contributed by atoms with Crippen molar-refractivity contribution >= 4 is 5.97 Å². The van der Waals surface area contributed by atoms with Gasteiger partial charge in [-0.25, -0.2) is 4.79 Å². The van der Waals surface area contributed by atoms with E-state index in [0.717, 1.165) is 6.42 Å². The molecule has 2 nitrogen and oxygen atoms in total. The minimum atomic E-state index is -0.230. The predicted octanol–water partition coefficient (Wildman–Crippen LogP) is 4.39. The lowest BCUT2D eigenvalue weighted by atomic mass is 9.73. The summed E-state index contributed by atoms with van der Waals surface area (Å²) in [4.78, 5) is 12.4. The van der Waals surface area contributed by atoms with Gasteiger partial charge < -0.3 is 4.74 Å². The zero-order valence-electron chi connectivity index (χ0n) is 12.7. The van der Waals surface area contributed by atoms with Crippen LogP contribution in [0.4, 0.5) is 0 Å². The minimum absolute atomic E-state index is 0.0242. The molecule has 0 N–H and O–H groups in total. The second-order valence-corrected chi connectivity index (χ2v) is 6.41. The Morgan fingerprint density at radius 2 is 2.10 bits per heavy atom. The molecule has 0 saturated heterocycles. The minimum Gasteiger partial charge on any atom is -0.454 e. The fourth-order valence-electron chi connectivity index (χ4n) is 3.78. The van der Waals surface area contributed by atoms with E-state index >= 15 is 0 Å². The number of ether oxygens (including phenoxy) is 1. The molecule has 1 fully saturated rings. The van der Waals surface area contributed by atoms with Gasteiger partial charge in [0.15, 0.2) is 0 Å². The molecule has 2 aliphatic rings. The normalized spacial score (nSPS) is 31.7. The van der Waals surface area contributed by atoms with E-state index < -0.39 is 0 Å². The second kappa shape index (κ2) is 5.51. The molecule has 110 valence electrons. The third-order valence-corrected chi connectivity index (χ3v) is 4.98. The molecule has 0 radical (unpaired) electrons. The number of carbonyl (C=O) groups excluding carboxylic acids is 1. The average Bonchev–Trinajstić information content (AvgIpc) is 3.08. The maximum Gasteiger partial charge on any atom is 0.338 e. The molecule has 0 amide bonds. The molecule has 2 bridgehead atoms. The largest absolute Gasteiger partial charge is 0.454 e. The maximum atomic E-state index is 12.4. The topological polar surface area (TPSA) is 26.3 Å². The standard InChI is InChI=1S/C19H22O2/c1-3-7-17(19(2)13-14-10-11-16(19)12-14)21-18(20)15-8-5-4-6-9-15/h3-11,14,16-17H,12-13H2,1-2H3/b7-3-/t14?,16?,17?,19-/m0/s1. The van der Waals surface area contributed by atoms with Crippen LogP contribution in [0.1, 0.15) is 37.0 Å². The highest BCUT2D eigenvalue weighted by Gasteiger charge is 2.50. The van der Waals surface area contributed by atoms with Crippen molar-refractivity contribution in [1.82, 2.24) is 0 Å². The predicted molar refractivity (Wildman–Crippen MR) is 83.9 cm³/mol. The zero-order chi connectivity index (χ0) is 14.9. The monoisotopic (exact) mass is 282 g/mol. The van der Waals surface area contributed by atoms with Crippen LogP contribution in [0.3, 0.4) is 0 Å². The number of esters is 1. The van der Waals surface area contributed by atoms with Crippen LogP contribution >= 0.6 is 0 Å². The van der Waals surface area contributed by atoms with Crippen molar-refractivity contribution in [1.29, 1.82) is 0 Å². The van der Waals surface area contributed by atoms with Crippen LogP contribution in [-0.2, 0) is 4.74 Å². The van der Waals surface area contributed by atoms with Crippen molar-refractivity contribution in [3.8, 4) is 0 Å². The van der Waals surface area contributed by atoms with E-state index in [1.54, 1.807) is 12.1 Å². The van der Waals surface area contributed by atoms with Gasteiger partial charge in [0.05, 0.1) is 5.56 Å². The van der Waals surface area contributed by atoms with Crippen molar-refractivity contribution in [2.75, 3.05) is 0 Å². The summed E-state index contributed by atoms with van der Waals surface area (Å²) in [6.07, 6.45) is 10.8. The van der Waals surface area contributed by atoms with Crippen molar-refractivity contribution in [3.63, 3.8) is 0 Å².